The van der Waals surface area contributed by atoms with Gasteiger partial charge in [-0.25, -0.2) is 4.57 Å². The fraction of sp³-hybridized carbons (Fsp3) is 0.286. The Hall–Kier alpha value is -2.10. The Balaban J connectivity index is 2.57. The van der Waals surface area contributed by atoms with E-state index in [1.54, 1.807) is 10.6 Å². The summed E-state index contributed by atoms with van der Waals surface area (Å²) in [6.07, 6.45) is 0. The number of aromatic nitrogens is 1. The van der Waals surface area contributed by atoms with Gasteiger partial charge in [-0.2, -0.15) is 0 Å². The normalized spacial score (nSPS) is 10.9. The molecule has 0 aliphatic heterocycles. The van der Waals surface area contributed by atoms with Crippen LogP contribution in [-0.4, -0.2) is 9.49 Å². The molecule has 94 valence electrons. The molecule has 4 heteroatoms. The molecule has 0 saturated carbocycles. The van der Waals surface area contributed by atoms with E-state index in [4.69, 9.17) is 0 Å². The third-order valence-electron chi connectivity index (χ3n) is 2.95. The molecule has 1 heterocycles. The van der Waals surface area contributed by atoms with Crippen molar-refractivity contribution >= 4 is 5.82 Å². The third kappa shape index (κ3) is 2.14. The van der Waals surface area contributed by atoms with Crippen LogP contribution in [0.15, 0.2) is 36.4 Å². The molecule has 0 bridgehead atoms. The summed E-state index contributed by atoms with van der Waals surface area (Å²) < 4.78 is 1.75. The highest BCUT2D eigenvalue weighted by atomic mass is 16.6. The Kier molecular flexibility index (Phi) is 3.19. The van der Waals surface area contributed by atoms with Gasteiger partial charge in [0.15, 0.2) is 0 Å². The van der Waals surface area contributed by atoms with Crippen molar-refractivity contribution in [3.63, 3.8) is 0 Å². The fourth-order valence-corrected chi connectivity index (χ4v) is 2.09. The molecule has 4 nitrogen and oxygen atoms in total. The average Bonchev–Trinajstić information content (AvgIpc) is 2.74. The Labute approximate surface area is 106 Å². The lowest BCUT2D eigenvalue weighted by Crippen LogP contribution is -2.06. The van der Waals surface area contributed by atoms with Crippen molar-refractivity contribution in [2.45, 2.75) is 26.8 Å². The van der Waals surface area contributed by atoms with E-state index >= 15 is 0 Å². The van der Waals surface area contributed by atoms with E-state index < -0.39 is 0 Å². The minimum atomic E-state index is -0.336. The molecule has 0 aliphatic rings. The number of rotatable bonds is 3. The first-order valence-electron chi connectivity index (χ1n) is 5.93. The van der Waals surface area contributed by atoms with Gasteiger partial charge in [-0.05, 0) is 31.8 Å². The van der Waals surface area contributed by atoms with Crippen molar-refractivity contribution in [2.75, 3.05) is 0 Å². The van der Waals surface area contributed by atoms with Gasteiger partial charge in [-0.15, -0.1) is 0 Å². The number of aryl methyl sites for hydroxylation is 1. The van der Waals surface area contributed by atoms with Crippen LogP contribution in [0.2, 0.25) is 0 Å². The van der Waals surface area contributed by atoms with Gasteiger partial charge in [0.05, 0.1) is 6.04 Å². The summed E-state index contributed by atoms with van der Waals surface area (Å²) >= 11 is 0. The van der Waals surface area contributed by atoms with E-state index in [2.05, 4.69) is 0 Å². The van der Waals surface area contributed by atoms with Crippen LogP contribution in [0.5, 0.6) is 0 Å². The first-order chi connectivity index (χ1) is 8.50. The number of hydrogen-bond donors (Lipinski definition) is 0. The smallest absolute Gasteiger partial charge is 0.323 e. The molecule has 0 radical (unpaired) electrons. The minimum absolute atomic E-state index is 0.0525. The van der Waals surface area contributed by atoms with Crippen molar-refractivity contribution in [1.82, 2.24) is 4.57 Å². The van der Waals surface area contributed by atoms with Crippen molar-refractivity contribution in [3.8, 4) is 11.3 Å². The molecular formula is C14H16N2O2. The Morgan fingerprint density at radius 1 is 1.11 bits per heavy atom. The SMILES string of the molecule is Cc1ccc(-c2ccc([N+](=O)[O-])n2C(C)C)cc1. The summed E-state index contributed by atoms with van der Waals surface area (Å²) in [5.41, 5.74) is 3.06. The van der Waals surface area contributed by atoms with Crippen LogP contribution in [0, 0.1) is 17.0 Å². The van der Waals surface area contributed by atoms with E-state index in [0.717, 1.165) is 11.3 Å². The van der Waals surface area contributed by atoms with Gasteiger partial charge in [-0.3, -0.25) is 0 Å². The maximum Gasteiger partial charge on any atom is 0.323 e. The number of nitrogens with zero attached hydrogens (tertiary/aromatic N) is 2. The van der Waals surface area contributed by atoms with E-state index in [9.17, 15) is 10.1 Å². The number of hydrogen-bond acceptors (Lipinski definition) is 2. The lowest BCUT2D eigenvalue weighted by Gasteiger charge is -2.09. The van der Waals surface area contributed by atoms with E-state index in [-0.39, 0.29) is 16.8 Å². The van der Waals surface area contributed by atoms with Crippen LogP contribution in [0.3, 0.4) is 0 Å². The van der Waals surface area contributed by atoms with Crippen molar-refractivity contribution in [2.24, 2.45) is 0 Å². The summed E-state index contributed by atoms with van der Waals surface area (Å²) in [6.45, 7) is 5.92. The van der Waals surface area contributed by atoms with Crippen LogP contribution in [-0.2, 0) is 0 Å². The minimum Gasteiger partial charge on any atom is -0.358 e. The molecule has 18 heavy (non-hydrogen) atoms. The van der Waals surface area contributed by atoms with Gasteiger partial charge in [0.1, 0.15) is 5.69 Å². The predicted octanol–water partition coefficient (Wildman–Crippen LogP) is 3.95. The molecule has 2 aromatic rings. The van der Waals surface area contributed by atoms with Gasteiger partial charge in [0.25, 0.3) is 0 Å². The molecule has 2 rings (SSSR count). The van der Waals surface area contributed by atoms with Crippen LogP contribution in [0.1, 0.15) is 25.5 Å². The molecule has 0 amide bonds. The zero-order valence-electron chi connectivity index (χ0n) is 10.8. The monoisotopic (exact) mass is 244 g/mol. The molecule has 0 fully saturated rings. The second-order valence-corrected chi connectivity index (χ2v) is 4.66. The van der Waals surface area contributed by atoms with Crippen molar-refractivity contribution in [3.05, 3.63) is 52.1 Å². The van der Waals surface area contributed by atoms with Crippen LogP contribution >= 0.6 is 0 Å². The van der Waals surface area contributed by atoms with Gasteiger partial charge < -0.3 is 10.1 Å². The molecule has 0 atom stereocenters. The maximum absolute atomic E-state index is 11.0. The molecule has 0 aliphatic carbocycles. The number of nitro groups is 1. The van der Waals surface area contributed by atoms with Crippen LogP contribution < -0.4 is 0 Å². The molecule has 1 aromatic heterocycles. The summed E-state index contributed by atoms with van der Waals surface area (Å²) in [5.74, 6) is 0.139. The highest BCUT2D eigenvalue weighted by Crippen LogP contribution is 2.30. The van der Waals surface area contributed by atoms with Gasteiger partial charge in [0, 0.05) is 11.6 Å². The predicted molar refractivity (Wildman–Crippen MR) is 71.6 cm³/mol. The Morgan fingerprint density at radius 3 is 2.22 bits per heavy atom. The van der Waals surface area contributed by atoms with Gasteiger partial charge in [0.2, 0.25) is 0 Å². The lowest BCUT2D eigenvalue weighted by atomic mass is 10.1. The molecule has 0 spiro atoms. The van der Waals surface area contributed by atoms with E-state index in [0.29, 0.717) is 0 Å². The topological polar surface area (TPSA) is 48.1 Å². The number of benzene rings is 1. The Bertz CT molecular complexity index is 568. The van der Waals surface area contributed by atoms with Crippen molar-refractivity contribution in [1.29, 1.82) is 0 Å². The van der Waals surface area contributed by atoms with Gasteiger partial charge in [-0.1, -0.05) is 29.8 Å². The first-order valence-corrected chi connectivity index (χ1v) is 5.93. The molecule has 1 aromatic carbocycles. The summed E-state index contributed by atoms with van der Waals surface area (Å²) in [5, 5.41) is 11.0. The molecule has 0 unspecified atom stereocenters. The van der Waals surface area contributed by atoms with E-state index in [1.165, 1.54) is 5.56 Å². The third-order valence-corrected chi connectivity index (χ3v) is 2.95. The van der Waals surface area contributed by atoms with Crippen molar-refractivity contribution < 1.29 is 4.92 Å². The molecular weight excluding hydrogens is 228 g/mol. The quantitative estimate of drug-likeness (QED) is 0.606. The maximum atomic E-state index is 11.0. The summed E-state index contributed by atoms with van der Waals surface area (Å²) in [7, 11) is 0. The molecule has 0 N–H and O–H groups in total. The Morgan fingerprint density at radius 2 is 1.72 bits per heavy atom. The largest absolute Gasteiger partial charge is 0.358 e. The molecule has 0 saturated heterocycles. The average molecular weight is 244 g/mol. The highest BCUT2D eigenvalue weighted by Gasteiger charge is 2.21. The standard InChI is InChI=1S/C14H16N2O2/c1-10(2)15-13(8-9-14(15)16(17)18)12-6-4-11(3)5-7-12/h4-10H,1-3H3. The van der Waals surface area contributed by atoms with Crippen LogP contribution in [0.4, 0.5) is 5.82 Å². The summed E-state index contributed by atoms with van der Waals surface area (Å²) in [4.78, 5) is 10.7. The lowest BCUT2D eigenvalue weighted by molar-refractivity contribution is -0.392. The summed E-state index contributed by atoms with van der Waals surface area (Å²) in [6, 6.07) is 11.4. The van der Waals surface area contributed by atoms with Gasteiger partial charge >= 0.3 is 5.82 Å². The second kappa shape index (κ2) is 4.64. The fourth-order valence-electron chi connectivity index (χ4n) is 2.09. The highest BCUT2D eigenvalue weighted by molar-refractivity contribution is 5.63. The second-order valence-electron chi connectivity index (χ2n) is 4.66. The van der Waals surface area contributed by atoms with Crippen LogP contribution in [0.25, 0.3) is 11.3 Å². The zero-order valence-corrected chi connectivity index (χ0v) is 10.8. The van der Waals surface area contributed by atoms with E-state index in [1.807, 2.05) is 51.1 Å². The zero-order chi connectivity index (χ0) is 13.3. The first kappa shape index (κ1) is 12.4.